The minimum Gasteiger partial charge on any atom is -0.370 e. The molecular formula is C15H15BrFN3O. The van der Waals surface area contributed by atoms with Gasteiger partial charge in [0.2, 0.25) is 0 Å². The molecule has 1 amide bonds. The summed E-state index contributed by atoms with van der Waals surface area (Å²) in [6.45, 7) is 2.89. The van der Waals surface area contributed by atoms with Crippen molar-refractivity contribution in [2.75, 3.05) is 17.2 Å². The van der Waals surface area contributed by atoms with E-state index in [-0.39, 0.29) is 5.91 Å². The number of carbonyl (C=O) groups is 1. The lowest BCUT2D eigenvalue weighted by molar-refractivity contribution is 0.102. The fraction of sp³-hybridized carbons (Fsp3) is 0.200. The molecule has 0 bridgehead atoms. The van der Waals surface area contributed by atoms with Crippen LogP contribution in [0.1, 0.15) is 23.7 Å². The molecule has 1 heterocycles. The molecule has 0 spiro atoms. The molecule has 110 valence electrons. The van der Waals surface area contributed by atoms with Crippen LogP contribution in [0.3, 0.4) is 0 Å². The molecule has 0 aliphatic heterocycles. The van der Waals surface area contributed by atoms with Gasteiger partial charge in [-0.1, -0.05) is 6.92 Å². The molecule has 0 atom stereocenters. The molecule has 2 rings (SSSR count). The molecular weight excluding hydrogens is 337 g/mol. The topological polar surface area (TPSA) is 54.0 Å². The number of nitrogens with one attached hydrogen (secondary N) is 2. The predicted molar refractivity (Wildman–Crippen MR) is 85.1 cm³/mol. The maximum atomic E-state index is 13.4. The van der Waals surface area contributed by atoms with E-state index in [1.54, 1.807) is 24.3 Å². The van der Waals surface area contributed by atoms with Crippen molar-refractivity contribution in [3.8, 4) is 0 Å². The van der Waals surface area contributed by atoms with Gasteiger partial charge in [0.15, 0.2) is 0 Å². The maximum Gasteiger partial charge on any atom is 0.257 e. The number of pyridine rings is 1. The highest BCUT2D eigenvalue weighted by Gasteiger charge is 2.08. The number of carbonyl (C=O) groups excluding carboxylic acids is 1. The normalized spacial score (nSPS) is 10.2. The Morgan fingerprint density at radius 1 is 1.33 bits per heavy atom. The van der Waals surface area contributed by atoms with E-state index in [2.05, 4.69) is 38.5 Å². The largest absolute Gasteiger partial charge is 0.370 e. The Bertz CT molecular complexity index is 631. The molecule has 1 aromatic heterocycles. The number of benzene rings is 1. The maximum absolute atomic E-state index is 13.4. The van der Waals surface area contributed by atoms with Crippen LogP contribution in [0.4, 0.5) is 15.9 Å². The van der Waals surface area contributed by atoms with Crippen molar-refractivity contribution in [2.45, 2.75) is 13.3 Å². The third-order valence-corrected chi connectivity index (χ3v) is 3.40. The van der Waals surface area contributed by atoms with Gasteiger partial charge in [-0.2, -0.15) is 0 Å². The first-order valence-corrected chi connectivity index (χ1v) is 7.35. The SMILES string of the molecule is CCCNc1ccc(C(=O)Nc2ccc(Br)c(F)c2)cn1. The fourth-order valence-corrected chi connectivity index (χ4v) is 1.91. The van der Waals surface area contributed by atoms with Crippen LogP contribution >= 0.6 is 15.9 Å². The van der Waals surface area contributed by atoms with Crippen LogP contribution in [0.15, 0.2) is 41.0 Å². The Morgan fingerprint density at radius 3 is 2.76 bits per heavy atom. The number of aromatic nitrogens is 1. The van der Waals surface area contributed by atoms with Crippen LogP contribution in [0.25, 0.3) is 0 Å². The highest BCUT2D eigenvalue weighted by Crippen LogP contribution is 2.19. The van der Waals surface area contributed by atoms with Crippen LogP contribution in [0, 0.1) is 5.82 Å². The molecule has 0 radical (unpaired) electrons. The summed E-state index contributed by atoms with van der Waals surface area (Å²) < 4.78 is 13.7. The number of rotatable bonds is 5. The van der Waals surface area contributed by atoms with Crippen molar-refractivity contribution >= 4 is 33.3 Å². The number of halogens is 2. The van der Waals surface area contributed by atoms with Gasteiger partial charge >= 0.3 is 0 Å². The summed E-state index contributed by atoms with van der Waals surface area (Å²) in [6, 6.07) is 7.84. The first kappa shape index (κ1) is 15.4. The van der Waals surface area contributed by atoms with Crippen molar-refractivity contribution in [3.05, 3.63) is 52.4 Å². The molecule has 1 aromatic carbocycles. The highest BCUT2D eigenvalue weighted by atomic mass is 79.9. The van der Waals surface area contributed by atoms with Crippen molar-refractivity contribution in [3.63, 3.8) is 0 Å². The molecule has 4 nitrogen and oxygen atoms in total. The van der Waals surface area contributed by atoms with E-state index in [4.69, 9.17) is 0 Å². The van der Waals surface area contributed by atoms with E-state index in [1.807, 2.05) is 0 Å². The molecule has 0 saturated carbocycles. The second-order valence-electron chi connectivity index (χ2n) is 4.44. The Hall–Kier alpha value is -1.95. The van der Waals surface area contributed by atoms with Crippen molar-refractivity contribution < 1.29 is 9.18 Å². The quantitative estimate of drug-likeness (QED) is 0.853. The van der Waals surface area contributed by atoms with E-state index in [0.717, 1.165) is 18.8 Å². The van der Waals surface area contributed by atoms with Gasteiger partial charge in [0.1, 0.15) is 11.6 Å². The predicted octanol–water partition coefficient (Wildman–Crippen LogP) is 4.06. The molecule has 0 aliphatic rings. The van der Waals surface area contributed by atoms with Gasteiger partial charge in [-0.15, -0.1) is 0 Å². The van der Waals surface area contributed by atoms with Crippen LogP contribution in [0.2, 0.25) is 0 Å². The average Bonchev–Trinajstić information content (AvgIpc) is 2.49. The summed E-state index contributed by atoms with van der Waals surface area (Å²) >= 11 is 3.06. The van der Waals surface area contributed by atoms with Crippen molar-refractivity contribution in [1.29, 1.82) is 0 Å². The second-order valence-corrected chi connectivity index (χ2v) is 5.30. The fourth-order valence-electron chi connectivity index (χ4n) is 1.66. The van der Waals surface area contributed by atoms with E-state index in [9.17, 15) is 9.18 Å². The molecule has 21 heavy (non-hydrogen) atoms. The molecule has 2 N–H and O–H groups in total. The van der Waals surface area contributed by atoms with E-state index in [0.29, 0.717) is 15.7 Å². The monoisotopic (exact) mass is 351 g/mol. The third-order valence-electron chi connectivity index (χ3n) is 2.76. The Kier molecular flexibility index (Phi) is 5.27. The molecule has 0 fully saturated rings. The van der Waals surface area contributed by atoms with Crippen LogP contribution in [0.5, 0.6) is 0 Å². The number of anilines is 2. The number of amides is 1. The highest BCUT2D eigenvalue weighted by molar-refractivity contribution is 9.10. The summed E-state index contributed by atoms with van der Waals surface area (Å²) in [5, 5.41) is 5.75. The van der Waals surface area contributed by atoms with Crippen LogP contribution < -0.4 is 10.6 Å². The minimum absolute atomic E-state index is 0.328. The molecule has 2 aromatic rings. The smallest absolute Gasteiger partial charge is 0.257 e. The Balaban J connectivity index is 2.04. The van der Waals surface area contributed by atoms with E-state index >= 15 is 0 Å². The minimum atomic E-state index is -0.426. The summed E-state index contributed by atoms with van der Waals surface area (Å²) in [5.41, 5.74) is 0.814. The van der Waals surface area contributed by atoms with Gasteiger partial charge in [-0.05, 0) is 52.7 Å². The lowest BCUT2D eigenvalue weighted by Gasteiger charge is -2.07. The lowest BCUT2D eigenvalue weighted by atomic mass is 10.2. The Morgan fingerprint density at radius 2 is 2.14 bits per heavy atom. The third kappa shape index (κ3) is 4.26. The summed E-state index contributed by atoms with van der Waals surface area (Å²) in [6.07, 6.45) is 2.49. The zero-order valence-corrected chi connectivity index (χ0v) is 13.1. The van der Waals surface area contributed by atoms with Crippen molar-refractivity contribution in [1.82, 2.24) is 4.98 Å². The number of hydrogen-bond donors (Lipinski definition) is 2. The number of hydrogen-bond acceptors (Lipinski definition) is 3. The molecule has 6 heteroatoms. The summed E-state index contributed by atoms with van der Waals surface area (Å²) in [4.78, 5) is 16.2. The van der Waals surface area contributed by atoms with Crippen LogP contribution in [-0.2, 0) is 0 Å². The second kappa shape index (κ2) is 7.17. The number of nitrogens with zero attached hydrogens (tertiary/aromatic N) is 1. The Labute approximate surface area is 130 Å². The van der Waals surface area contributed by atoms with Gasteiger partial charge in [0.05, 0.1) is 10.0 Å². The van der Waals surface area contributed by atoms with E-state index < -0.39 is 5.82 Å². The van der Waals surface area contributed by atoms with Gasteiger partial charge in [0, 0.05) is 18.4 Å². The lowest BCUT2D eigenvalue weighted by Crippen LogP contribution is -2.12. The zero-order chi connectivity index (χ0) is 15.2. The molecule has 0 unspecified atom stereocenters. The molecule has 0 saturated heterocycles. The van der Waals surface area contributed by atoms with Crippen LogP contribution in [-0.4, -0.2) is 17.4 Å². The van der Waals surface area contributed by atoms with Crippen molar-refractivity contribution in [2.24, 2.45) is 0 Å². The average molecular weight is 352 g/mol. The standard InChI is InChI=1S/C15H15BrFN3O/c1-2-7-18-14-6-3-10(9-19-14)15(21)20-11-4-5-12(16)13(17)8-11/h3-6,8-9H,2,7H2,1H3,(H,18,19)(H,20,21). The zero-order valence-electron chi connectivity index (χ0n) is 11.5. The first-order chi connectivity index (χ1) is 10.1. The first-order valence-electron chi connectivity index (χ1n) is 6.56. The summed E-state index contributed by atoms with van der Waals surface area (Å²) in [7, 11) is 0. The van der Waals surface area contributed by atoms with Gasteiger partial charge in [-0.3, -0.25) is 4.79 Å². The van der Waals surface area contributed by atoms with Gasteiger partial charge < -0.3 is 10.6 Å². The molecule has 0 aliphatic carbocycles. The van der Waals surface area contributed by atoms with E-state index in [1.165, 1.54) is 12.3 Å². The summed E-state index contributed by atoms with van der Waals surface area (Å²) in [5.74, 6) is -0.0283. The van der Waals surface area contributed by atoms with Gasteiger partial charge in [-0.25, -0.2) is 9.37 Å². The van der Waals surface area contributed by atoms with Gasteiger partial charge in [0.25, 0.3) is 5.91 Å².